The minimum atomic E-state index is -0.853. The first kappa shape index (κ1) is 14.2. The molecule has 0 atom stereocenters. The summed E-state index contributed by atoms with van der Waals surface area (Å²) in [4.78, 5) is 17.9. The average Bonchev–Trinajstić information content (AvgIpc) is 2.75. The fraction of sp³-hybridized carbons (Fsp3) is 0.167. The number of hydrogen-bond donors (Lipinski definition) is 2. The number of amides is 1. The second kappa shape index (κ2) is 5.41. The van der Waals surface area contributed by atoms with E-state index in [2.05, 4.69) is 10.3 Å². The van der Waals surface area contributed by atoms with Crippen LogP contribution >= 0.6 is 11.3 Å². The lowest BCUT2D eigenvalue weighted by Gasteiger charge is -2.06. The monoisotopic (exact) mass is 298 g/mol. The van der Waals surface area contributed by atoms with Crippen molar-refractivity contribution in [1.29, 1.82) is 0 Å². The number of rotatable bonds is 3. The van der Waals surface area contributed by atoms with Crippen LogP contribution in [0.3, 0.4) is 0 Å². The van der Waals surface area contributed by atoms with Crippen LogP contribution < -0.4 is 16.0 Å². The van der Waals surface area contributed by atoms with E-state index in [1.807, 2.05) is 0 Å². The predicted molar refractivity (Wildman–Crippen MR) is 75.2 cm³/mol. The Hall–Kier alpha value is -2.22. The topological polar surface area (TPSA) is 71.2 Å². The number of nitrogen functional groups attached to an aromatic ring is 1. The zero-order valence-corrected chi connectivity index (χ0v) is 11.6. The van der Waals surface area contributed by atoms with Gasteiger partial charge in [0.05, 0.1) is 5.69 Å². The zero-order valence-electron chi connectivity index (χ0n) is 10.8. The number of nitrogens with two attached hydrogens (primary N) is 1. The summed E-state index contributed by atoms with van der Waals surface area (Å²) in [6, 6.07) is 2.89. The molecule has 2 aromatic rings. The van der Waals surface area contributed by atoms with Gasteiger partial charge in [-0.05, 0) is 12.1 Å². The SMILES string of the molecule is CN(C)c1nc(N)c(C(=O)Nc2ccc(F)cc2F)s1. The Bertz CT molecular complexity index is 657. The van der Waals surface area contributed by atoms with Crippen molar-refractivity contribution in [2.24, 2.45) is 0 Å². The van der Waals surface area contributed by atoms with Crippen molar-refractivity contribution in [3.63, 3.8) is 0 Å². The maximum Gasteiger partial charge on any atom is 0.269 e. The van der Waals surface area contributed by atoms with Crippen LogP contribution in [0.5, 0.6) is 0 Å². The molecular weight excluding hydrogens is 286 g/mol. The fourth-order valence-corrected chi connectivity index (χ4v) is 2.25. The summed E-state index contributed by atoms with van der Waals surface area (Å²) in [6.07, 6.45) is 0. The van der Waals surface area contributed by atoms with Crippen molar-refractivity contribution in [3.05, 3.63) is 34.7 Å². The molecule has 0 fully saturated rings. The highest BCUT2D eigenvalue weighted by Gasteiger charge is 2.18. The van der Waals surface area contributed by atoms with Crippen LogP contribution in [0.15, 0.2) is 18.2 Å². The van der Waals surface area contributed by atoms with Gasteiger partial charge < -0.3 is 16.0 Å². The van der Waals surface area contributed by atoms with E-state index in [0.29, 0.717) is 11.2 Å². The normalized spacial score (nSPS) is 10.4. The van der Waals surface area contributed by atoms with E-state index < -0.39 is 17.5 Å². The van der Waals surface area contributed by atoms with E-state index in [1.54, 1.807) is 19.0 Å². The number of anilines is 3. The largest absolute Gasteiger partial charge is 0.382 e. The van der Waals surface area contributed by atoms with E-state index >= 15 is 0 Å². The quantitative estimate of drug-likeness (QED) is 0.912. The number of carbonyl (C=O) groups excluding carboxylic acids is 1. The molecule has 8 heteroatoms. The van der Waals surface area contributed by atoms with Crippen LogP contribution in [0, 0.1) is 11.6 Å². The standard InChI is InChI=1S/C12H12F2N4OS/c1-18(2)12-17-10(15)9(20-12)11(19)16-8-4-3-6(13)5-7(8)14/h3-5H,15H2,1-2H3,(H,16,19). The fourth-order valence-electron chi connectivity index (χ4n) is 1.44. The molecule has 1 aromatic heterocycles. The van der Waals surface area contributed by atoms with Crippen LogP contribution in [0.2, 0.25) is 0 Å². The molecule has 0 aliphatic rings. The van der Waals surface area contributed by atoms with Crippen LogP contribution in [0.1, 0.15) is 9.67 Å². The Kier molecular flexibility index (Phi) is 3.84. The molecule has 0 radical (unpaired) electrons. The smallest absolute Gasteiger partial charge is 0.269 e. The number of nitrogens with zero attached hydrogens (tertiary/aromatic N) is 2. The molecule has 5 nitrogen and oxygen atoms in total. The number of aromatic nitrogens is 1. The zero-order chi connectivity index (χ0) is 14.9. The average molecular weight is 298 g/mol. The number of hydrogen-bond acceptors (Lipinski definition) is 5. The second-order valence-electron chi connectivity index (χ2n) is 4.18. The number of halogens is 2. The molecule has 106 valence electrons. The third kappa shape index (κ3) is 2.85. The molecule has 0 spiro atoms. The van der Waals surface area contributed by atoms with Crippen molar-refractivity contribution >= 4 is 33.9 Å². The summed E-state index contributed by atoms with van der Waals surface area (Å²) in [5.74, 6) is -2.08. The molecule has 1 heterocycles. The molecule has 0 saturated carbocycles. The van der Waals surface area contributed by atoms with Gasteiger partial charge in [0, 0.05) is 20.2 Å². The Morgan fingerprint density at radius 2 is 2.10 bits per heavy atom. The number of thiazole rings is 1. The van der Waals surface area contributed by atoms with Crippen LogP contribution in [-0.4, -0.2) is 25.0 Å². The summed E-state index contributed by atoms with van der Waals surface area (Å²) in [7, 11) is 3.53. The van der Waals surface area contributed by atoms with E-state index in [1.165, 1.54) is 0 Å². The Morgan fingerprint density at radius 3 is 2.65 bits per heavy atom. The Labute approximate surface area is 118 Å². The van der Waals surface area contributed by atoms with E-state index in [4.69, 9.17) is 5.73 Å². The van der Waals surface area contributed by atoms with Gasteiger partial charge in [0.2, 0.25) is 0 Å². The third-order valence-corrected chi connectivity index (χ3v) is 3.65. The molecule has 3 N–H and O–H groups in total. The van der Waals surface area contributed by atoms with Gasteiger partial charge in [0.15, 0.2) is 5.13 Å². The number of carbonyl (C=O) groups is 1. The first-order valence-electron chi connectivity index (χ1n) is 5.58. The second-order valence-corrected chi connectivity index (χ2v) is 5.16. The number of benzene rings is 1. The summed E-state index contributed by atoms with van der Waals surface area (Å²) >= 11 is 1.09. The molecule has 1 amide bonds. The van der Waals surface area contributed by atoms with E-state index in [9.17, 15) is 13.6 Å². The molecule has 0 unspecified atom stereocenters. The van der Waals surface area contributed by atoms with Crippen LogP contribution in [0.4, 0.5) is 25.4 Å². The van der Waals surface area contributed by atoms with Crippen molar-refractivity contribution in [2.75, 3.05) is 30.0 Å². The lowest BCUT2D eigenvalue weighted by Crippen LogP contribution is -2.13. The maximum absolute atomic E-state index is 13.5. The molecular formula is C12H12F2N4OS. The highest BCUT2D eigenvalue weighted by molar-refractivity contribution is 7.18. The van der Waals surface area contributed by atoms with Crippen molar-refractivity contribution in [1.82, 2.24) is 4.98 Å². The van der Waals surface area contributed by atoms with Crippen molar-refractivity contribution in [2.45, 2.75) is 0 Å². The first-order chi connectivity index (χ1) is 9.38. The van der Waals surface area contributed by atoms with Gasteiger partial charge in [-0.2, -0.15) is 0 Å². The predicted octanol–water partition coefficient (Wildman–Crippen LogP) is 2.32. The Morgan fingerprint density at radius 1 is 1.40 bits per heavy atom. The lowest BCUT2D eigenvalue weighted by molar-refractivity contribution is 0.103. The van der Waals surface area contributed by atoms with Crippen LogP contribution in [-0.2, 0) is 0 Å². The molecule has 1 aromatic carbocycles. The minimum Gasteiger partial charge on any atom is -0.382 e. The van der Waals surface area contributed by atoms with Crippen LogP contribution in [0.25, 0.3) is 0 Å². The molecule has 0 saturated heterocycles. The van der Waals surface area contributed by atoms with Gasteiger partial charge in [-0.25, -0.2) is 13.8 Å². The van der Waals surface area contributed by atoms with Gasteiger partial charge in [0.1, 0.15) is 22.3 Å². The van der Waals surface area contributed by atoms with E-state index in [0.717, 1.165) is 23.5 Å². The van der Waals surface area contributed by atoms with Gasteiger partial charge in [-0.15, -0.1) is 0 Å². The third-order valence-electron chi connectivity index (χ3n) is 2.41. The van der Waals surface area contributed by atoms with E-state index in [-0.39, 0.29) is 16.4 Å². The molecule has 2 rings (SSSR count). The van der Waals surface area contributed by atoms with Gasteiger partial charge in [0.25, 0.3) is 5.91 Å². The first-order valence-corrected chi connectivity index (χ1v) is 6.40. The van der Waals surface area contributed by atoms with Gasteiger partial charge in [-0.3, -0.25) is 4.79 Å². The summed E-state index contributed by atoms with van der Waals surface area (Å²) in [5.41, 5.74) is 5.54. The van der Waals surface area contributed by atoms with Crippen molar-refractivity contribution in [3.8, 4) is 0 Å². The summed E-state index contributed by atoms with van der Waals surface area (Å²) < 4.78 is 26.2. The molecule has 0 bridgehead atoms. The molecule has 0 aliphatic carbocycles. The molecule has 0 aliphatic heterocycles. The number of nitrogens with one attached hydrogen (secondary N) is 1. The summed E-state index contributed by atoms with van der Waals surface area (Å²) in [5, 5.41) is 2.90. The lowest BCUT2D eigenvalue weighted by atomic mass is 10.3. The highest BCUT2D eigenvalue weighted by Crippen LogP contribution is 2.27. The molecule has 20 heavy (non-hydrogen) atoms. The highest BCUT2D eigenvalue weighted by atomic mass is 32.1. The van der Waals surface area contributed by atoms with Gasteiger partial charge in [-0.1, -0.05) is 11.3 Å². The summed E-state index contributed by atoms with van der Waals surface area (Å²) in [6.45, 7) is 0. The van der Waals surface area contributed by atoms with Gasteiger partial charge >= 0.3 is 0 Å². The Balaban J connectivity index is 2.24. The maximum atomic E-state index is 13.5. The minimum absolute atomic E-state index is 0.0683. The van der Waals surface area contributed by atoms with Crippen molar-refractivity contribution < 1.29 is 13.6 Å².